The number of nitrogens with zero attached hydrogens (tertiary/aromatic N) is 2. The maximum atomic E-state index is 12.3. The largest absolute Gasteiger partial charge is 0.449 e. The van der Waals surface area contributed by atoms with Crippen LogP contribution in [0.3, 0.4) is 0 Å². The molecule has 1 atom stereocenters. The fourth-order valence-corrected chi connectivity index (χ4v) is 3.20. The zero-order chi connectivity index (χ0) is 14.6. The van der Waals surface area contributed by atoms with Crippen LogP contribution < -0.4 is 5.56 Å². The summed E-state index contributed by atoms with van der Waals surface area (Å²) in [6, 6.07) is 6.09. The molecule has 0 saturated carbocycles. The first-order chi connectivity index (χ1) is 10.1. The van der Waals surface area contributed by atoms with Crippen molar-refractivity contribution in [1.82, 2.24) is 14.9 Å². The lowest BCUT2D eigenvalue weighted by atomic mass is 10.1. The molecule has 4 rings (SSSR count). The molecule has 0 spiro atoms. The Labute approximate surface area is 121 Å². The van der Waals surface area contributed by atoms with Crippen molar-refractivity contribution in [2.45, 2.75) is 25.8 Å². The molecule has 0 radical (unpaired) electrons. The van der Waals surface area contributed by atoms with E-state index < -0.39 is 0 Å². The van der Waals surface area contributed by atoms with Gasteiger partial charge in [-0.2, -0.15) is 0 Å². The van der Waals surface area contributed by atoms with Gasteiger partial charge in [0.1, 0.15) is 16.9 Å². The topological polar surface area (TPSA) is 62.1 Å². The SMILES string of the molecule is Cc1ccc2oc3c(=O)[nH]c([C@@H]4CCCN4C)nc3c2c1. The van der Waals surface area contributed by atoms with Crippen molar-refractivity contribution in [2.24, 2.45) is 0 Å². The molecule has 2 aromatic heterocycles. The van der Waals surface area contributed by atoms with Crippen LogP contribution in [0.1, 0.15) is 30.3 Å². The Bertz CT molecular complexity index is 894. The van der Waals surface area contributed by atoms with Gasteiger partial charge in [0.2, 0.25) is 5.58 Å². The van der Waals surface area contributed by atoms with Crippen molar-refractivity contribution in [2.75, 3.05) is 13.6 Å². The number of likely N-dealkylation sites (tertiary alicyclic amines) is 1. The van der Waals surface area contributed by atoms with Crippen LogP contribution in [0.4, 0.5) is 0 Å². The van der Waals surface area contributed by atoms with E-state index in [0.29, 0.717) is 16.7 Å². The molecular formula is C16H17N3O2. The first-order valence-electron chi connectivity index (χ1n) is 7.27. The van der Waals surface area contributed by atoms with Gasteiger partial charge in [-0.1, -0.05) is 11.6 Å². The Morgan fingerprint density at radius 3 is 3.05 bits per heavy atom. The number of furan rings is 1. The van der Waals surface area contributed by atoms with Crippen LogP contribution in [-0.4, -0.2) is 28.5 Å². The number of fused-ring (bicyclic) bond motifs is 3. The molecule has 108 valence electrons. The van der Waals surface area contributed by atoms with Gasteiger partial charge in [0.25, 0.3) is 5.56 Å². The summed E-state index contributed by atoms with van der Waals surface area (Å²) < 4.78 is 5.66. The van der Waals surface area contributed by atoms with Gasteiger partial charge < -0.3 is 9.40 Å². The molecule has 5 heteroatoms. The van der Waals surface area contributed by atoms with Gasteiger partial charge in [-0.15, -0.1) is 0 Å². The second-order valence-electron chi connectivity index (χ2n) is 5.87. The Morgan fingerprint density at radius 1 is 1.43 bits per heavy atom. The maximum absolute atomic E-state index is 12.3. The Kier molecular flexibility index (Phi) is 2.65. The summed E-state index contributed by atoms with van der Waals surface area (Å²) in [7, 11) is 2.07. The van der Waals surface area contributed by atoms with Gasteiger partial charge in [-0.3, -0.25) is 9.69 Å². The minimum Gasteiger partial charge on any atom is -0.449 e. The van der Waals surface area contributed by atoms with Crippen LogP contribution in [0.15, 0.2) is 27.4 Å². The normalized spacial score (nSPS) is 19.8. The van der Waals surface area contributed by atoms with Crippen molar-refractivity contribution >= 4 is 22.1 Å². The minimum absolute atomic E-state index is 0.191. The van der Waals surface area contributed by atoms with Gasteiger partial charge in [0, 0.05) is 5.39 Å². The van der Waals surface area contributed by atoms with Crippen molar-refractivity contribution in [3.63, 3.8) is 0 Å². The molecule has 0 bridgehead atoms. The summed E-state index contributed by atoms with van der Waals surface area (Å²) in [6.07, 6.45) is 2.16. The number of nitrogens with one attached hydrogen (secondary N) is 1. The number of hydrogen-bond donors (Lipinski definition) is 1. The van der Waals surface area contributed by atoms with Crippen LogP contribution in [0.5, 0.6) is 0 Å². The number of aryl methyl sites for hydroxylation is 1. The van der Waals surface area contributed by atoms with Crippen molar-refractivity contribution in [3.05, 3.63) is 39.9 Å². The van der Waals surface area contributed by atoms with Gasteiger partial charge in [-0.25, -0.2) is 4.98 Å². The minimum atomic E-state index is -0.191. The van der Waals surface area contributed by atoms with E-state index in [-0.39, 0.29) is 11.6 Å². The molecule has 1 saturated heterocycles. The lowest BCUT2D eigenvalue weighted by molar-refractivity contribution is 0.306. The summed E-state index contributed by atoms with van der Waals surface area (Å²) in [5.74, 6) is 0.747. The van der Waals surface area contributed by atoms with E-state index >= 15 is 0 Å². The van der Waals surface area contributed by atoms with E-state index in [1.165, 1.54) is 0 Å². The predicted molar refractivity (Wildman–Crippen MR) is 81.5 cm³/mol. The van der Waals surface area contributed by atoms with Crippen molar-refractivity contribution < 1.29 is 4.42 Å². The summed E-state index contributed by atoms with van der Waals surface area (Å²) in [5, 5.41) is 0.915. The summed E-state index contributed by atoms with van der Waals surface area (Å²) in [6.45, 7) is 3.06. The highest BCUT2D eigenvalue weighted by Crippen LogP contribution is 2.30. The Balaban J connectivity index is 2.01. The Hall–Kier alpha value is -2.14. The molecule has 1 fully saturated rings. The molecule has 1 aliphatic rings. The highest BCUT2D eigenvalue weighted by molar-refractivity contribution is 6.02. The lowest BCUT2D eigenvalue weighted by Gasteiger charge is -2.17. The molecule has 1 aromatic carbocycles. The van der Waals surface area contributed by atoms with Crippen LogP contribution in [-0.2, 0) is 0 Å². The molecule has 0 aliphatic carbocycles. The molecule has 0 unspecified atom stereocenters. The third-order valence-electron chi connectivity index (χ3n) is 4.33. The number of benzene rings is 1. The second kappa shape index (κ2) is 4.43. The molecule has 3 heterocycles. The van der Waals surface area contributed by atoms with Gasteiger partial charge >= 0.3 is 0 Å². The molecule has 3 aromatic rings. The van der Waals surface area contributed by atoms with E-state index in [9.17, 15) is 4.79 Å². The predicted octanol–water partition coefficient (Wildman–Crippen LogP) is 2.74. The molecule has 1 aliphatic heterocycles. The zero-order valence-electron chi connectivity index (χ0n) is 12.1. The highest BCUT2D eigenvalue weighted by Gasteiger charge is 2.26. The maximum Gasteiger partial charge on any atom is 0.294 e. The highest BCUT2D eigenvalue weighted by atomic mass is 16.3. The van der Waals surface area contributed by atoms with Gasteiger partial charge in [0.15, 0.2) is 0 Å². The third-order valence-corrected chi connectivity index (χ3v) is 4.33. The smallest absolute Gasteiger partial charge is 0.294 e. The molecule has 1 N–H and O–H groups in total. The van der Waals surface area contributed by atoms with Gasteiger partial charge in [-0.05, 0) is 45.5 Å². The van der Waals surface area contributed by atoms with E-state index in [2.05, 4.69) is 16.9 Å². The first kappa shape index (κ1) is 12.6. The van der Waals surface area contributed by atoms with Crippen LogP contribution in [0, 0.1) is 6.92 Å². The number of aromatic nitrogens is 2. The van der Waals surface area contributed by atoms with Crippen molar-refractivity contribution in [1.29, 1.82) is 0 Å². The van der Waals surface area contributed by atoms with Crippen LogP contribution >= 0.6 is 0 Å². The standard InChI is InChI=1S/C16H17N3O2/c1-9-5-6-12-10(8-9)13-14(21-12)16(20)18-15(17-13)11-4-3-7-19(11)2/h5-6,8,11H,3-4,7H2,1-2H3,(H,17,18,20)/t11-/m0/s1. The van der Waals surface area contributed by atoms with E-state index in [0.717, 1.165) is 36.2 Å². The summed E-state index contributed by atoms with van der Waals surface area (Å²) in [5.41, 5.74) is 2.65. The average Bonchev–Trinajstić information content (AvgIpc) is 3.03. The lowest BCUT2D eigenvalue weighted by Crippen LogP contribution is -2.22. The van der Waals surface area contributed by atoms with Crippen LogP contribution in [0.25, 0.3) is 22.1 Å². The Morgan fingerprint density at radius 2 is 2.29 bits per heavy atom. The molecule has 5 nitrogen and oxygen atoms in total. The van der Waals surface area contributed by atoms with E-state index in [4.69, 9.17) is 9.40 Å². The van der Waals surface area contributed by atoms with E-state index in [1.807, 2.05) is 25.1 Å². The second-order valence-corrected chi connectivity index (χ2v) is 5.87. The number of hydrogen-bond acceptors (Lipinski definition) is 4. The average molecular weight is 283 g/mol. The van der Waals surface area contributed by atoms with Crippen molar-refractivity contribution in [3.8, 4) is 0 Å². The number of rotatable bonds is 1. The van der Waals surface area contributed by atoms with E-state index in [1.54, 1.807) is 0 Å². The first-order valence-corrected chi connectivity index (χ1v) is 7.27. The quantitative estimate of drug-likeness (QED) is 0.746. The number of aromatic amines is 1. The summed E-state index contributed by atoms with van der Waals surface area (Å²) >= 11 is 0. The van der Waals surface area contributed by atoms with Gasteiger partial charge in [0.05, 0.1) is 6.04 Å². The third kappa shape index (κ3) is 1.88. The fourth-order valence-electron chi connectivity index (χ4n) is 3.20. The number of H-pyrrole nitrogens is 1. The molecular weight excluding hydrogens is 266 g/mol. The summed E-state index contributed by atoms with van der Waals surface area (Å²) in [4.78, 5) is 22.1. The van der Waals surface area contributed by atoms with Crippen LogP contribution in [0.2, 0.25) is 0 Å². The zero-order valence-corrected chi connectivity index (χ0v) is 12.1. The molecule has 0 amide bonds. The fraction of sp³-hybridized carbons (Fsp3) is 0.375. The monoisotopic (exact) mass is 283 g/mol. The molecule has 21 heavy (non-hydrogen) atoms.